The van der Waals surface area contributed by atoms with E-state index in [0.717, 1.165) is 51.5 Å². The summed E-state index contributed by atoms with van der Waals surface area (Å²) in [5.74, 6) is 2.15. The van der Waals surface area contributed by atoms with Gasteiger partial charge in [0.05, 0.1) is 33.7 Å². The third-order valence-electron chi connectivity index (χ3n) is 10.1. The summed E-state index contributed by atoms with van der Waals surface area (Å²) in [4.78, 5) is 23.2. The van der Waals surface area contributed by atoms with Crippen LogP contribution in [-0.2, 0) is 32.1 Å². The van der Waals surface area contributed by atoms with Crippen LogP contribution in [0.4, 0.5) is 0 Å². The Morgan fingerprint density at radius 3 is 1.71 bits per heavy atom. The van der Waals surface area contributed by atoms with Crippen molar-refractivity contribution in [3.8, 4) is 11.5 Å². The molecule has 2 saturated carbocycles. The second-order valence-corrected chi connectivity index (χ2v) is 16.8. The largest absolute Gasteiger partial charge is 1.00 e. The van der Waals surface area contributed by atoms with Gasteiger partial charge in [-0.25, -0.2) is 18.6 Å². The van der Waals surface area contributed by atoms with Gasteiger partial charge >= 0.3 is 30.8 Å². The van der Waals surface area contributed by atoms with E-state index < -0.39 is 10.2 Å². The second-order valence-electron chi connectivity index (χ2n) is 14.2. The van der Waals surface area contributed by atoms with E-state index >= 15 is 0 Å². The molecule has 1 unspecified atom stereocenters. The van der Waals surface area contributed by atoms with Gasteiger partial charge in [-0.15, -0.1) is 10.2 Å². The van der Waals surface area contributed by atoms with Gasteiger partial charge in [-0.1, -0.05) is 93.0 Å². The molecule has 3 aliphatic rings. The van der Waals surface area contributed by atoms with Gasteiger partial charge < -0.3 is 24.4 Å². The van der Waals surface area contributed by atoms with Crippen molar-refractivity contribution in [1.29, 1.82) is 0 Å². The van der Waals surface area contributed by atoms with Crippen LogP contribution in [0.5, 0.6) is 11.5 Å². The van der Waals surface area contributed by atoms with Gasteiger partial charge in [0.15, 0.2) is 0 Å². The zero-order chi connectivity index (χ0) is 42.4. The van der Waals surface area contributed by atoms with Gasteiger partial charge in [-0.2, -0.15) is 0 Å². The van der Waals surface area contributed by atoms with Crippen molar-refractivity contribution >= 4 is 49.9 Å². The summed E-state index contributed by atoms with van der Waals surface area (Å²) in [7, 11) is -2.09. The van der Waals surface area contributed by atoms with E-state index in [0.29, 0.717) is 30.2 Å². The number of carbonyl (C=O) groups is 2. The molecular weight excluding hydrogens is 907 g/mol. The predicted octanol–water partition coefficient (Wildman–Crippen LogP) is 2.85. The summed E-state index contributed by atoms with van der Waals surface area (Å²) in [6.45, 7) is 3.46. The molecule has 15 heteroatoms. The fraction of sp³-hybridized carbons (Fsp3) is 0.364. The molecule has 0 radical (unpaired) electrons. The number of aliphatic hydroxyl groups is 1. The Balaban J connectivity index is 0.000000243. The molecule has 0 saturated heterocycles. The average Bonchev–Trinajstić information content (AvgIpc) is 4.15. The van der Waals surface area contributed by atoms with Crippen molar-refractivity contribution < 1.29 is 81.8 Å². The van der Waals surface area contributed by atoms with Crippen molar-refractivity contribution in [2.75, 3.05) is 14.2 Å². The maximum absolute atomic E-state index is 11.8. The predicted molar refractivity (Wildman–Crippen MR) is 215 cm³/mol. The van der Waals surface area contributed by atoms with Crippen molar-refractivity contribution in [1.82, 2.24) is 0 Å². The first-order valence-corrected chi connectivity index (χ1v) is 21.5. The summed E-state index contributed by atoms with van der Waals surface area (Å²) in [6.07, 6.45) is 9.34. The smallest absolute Gasteiger partial charge is 0.508 e. The molecule has 1 aliphatic heterocycles. The van der Waals surface area contributed by atoms with Gasteiger partial charge in [0.1, 0.15) is 17.6 Å². The number of aryl methyl sites for hydroxylation is 1. The molecule has 312 valence electrons. The average molecular weight is 955 g/mol. The van der Waals surface area contributed by atoms with Crippen LogP contribution in [0.25, 0.3) is 6.08 Å². The first kappa shape index (κ1) is 50.2. The Morgan fingerprint density at radius 1 is 0.797 bits per heavy atom. The topological polar surface area (TPSA) is 195 Å². The number of ether oxygens (including phenoxy) is 3. The molecule has 2 fully saturated rings. The van der Waals surface area contributed by atoms with Crippen molar-refractivity contribution in [3.63, 3.8) is 0 Å². The zero-order valence-corrected chi connectivity index (χ0v) is 37.2. The Bertz CT molecular complexity index is 1940. The summed E-state index contributed by atoms with van der Waals surface area (Å²) in [5.41, 5.74) is 6.27. The molecule has 2 aliphatic carbocycles. The number of methoxy groups -OCH3 is 2. The molecule has 11 nitrogen and oxygen atoms in total. The molecule has 0 bridgehead atoms. The van der Waals surface area contributed by atoms with Gasteiger partial charge in [-0.3, -0.25) is 9.59 Å². The van der Waals surface area contributed by atoms with Crippen LogP contribution < -0.4 is 42.2 Å². The molecule has 0 amide bonds. The minimum absolute atomic E-state index is 0. The maximum atomic E-state index is 11.8. The van der Waals surface area contributed by atoms with E-state index in [1.807, 2.05) is 36.4 Å². The summed E-state index contributed by atoms with van der Waals surface area (Å²) >= 11 is 6.83. The van der Waals surface area contributed by atoms with E-state index in [1.54, 1.807) is 12.1 Å². The minimum Gasteiger partial charge on any atom is -0.508 e. The second kappa shape index (κ2) is 24.3. The molecule has 0 spiro atoms. The van der Waals surface area contributed by atoms with Crippen molar-refractivity contribution in [3.05, 3.63) is 134 Å². The van der Waals surface area contributed by atoms with Crippen molar-refractivity contribution in [2.24, 2.45) is 11.8 Å². The summed E-state index contributed by atoms with van der Waals surface area (Å²) in [5, 5.41) is 18.8. The summed E-state index contributed by atoms with van der Waals surface area (Å²) < 4.78 is 52.1. The van der Waals surface area contributed by atoms with Crippen molar-refractivity contribution in [2.45, 2.75) is 75.9 Å². The van der Waals surface area contributed by atoms with Crippen LogP contribution in [0.2, 0.25) is 0 Å². The Labute approximate surface area is 376 Å². The van der Waals surface area contributed by atoms with E-state index in [2.05, 4.69) is 80.9 Å². The van der Waals surface area contributed by atoms with Gasteiger partial charge in [0.25, 0.3) is 0 Å². The number of hydrogen-bond acceptors (Lipinski definition) is 11. The van der Waals surface area contributed by atoms with E-state index in [4.69, 9.17) is 38.0 Å². The fourth-order valence-electron chi connectivity index (χ4n) is 6.71. The monoisotopic (exact) mass is 952 g/mol. The molecular formula is C44H48Br2ClLiO11. The van der Waals surface area contributed by atoms with Crippen LogP contribution >= 0.6 is 31.9 Å². The Hall–Kier alpha value is -3.19. The Kier molecular flexibility index (Phi) is 20.7. The first-order valence-electron chi connectivity index (χ1n) is 18.7. The third-order valence-corrected chi connectivity index (χ3v) is 11.2. The normalized spacial score (nSPS) is 16.2. The molecule has 3 atom stereocenters. The molecule has 1 heterocycles. The number of phenols is 1. The van der Waals surface area contributed by atoms with Crippen LogP contribution in [0.3, 0.4) is 0 Å². The minimum atomic E-state index is -4.94. The van der Waals surface area contributed by atoms with Crippen LogP contribution in [-0.4, -0.2) is 36.4 Å². The number of esters is 2. The van der Waals surface area contributed by atoms with Gasteiger partial charge in [0, 0.05) is 14.5 Å². The standard InChI is InChI=1S/C22H23BrO3.C14H18O4.C8H7Br.ClHO4.Li/c1-25-22(24)13-19(14-2-3-14)17-5-4-16-8-11-20(26-21(16)12-17)15-6-9-18(23)10-7-15;1-18-14(17)7-12(9-2-3-9)10-4-5-11(8-15)13(16)6-10;1-2-7-3-5-8(9)6-4-7;2-1(3,4)5;/h4-7,9-10,12,14,19-20H,2-3,8,11,13H2,1H3;4-6,9,12,15-16H,2-3,7-8H2,1H3;2-6H,1H2;(H,2,3,4,5);/q;;;;+1/p-1/t19-,20?;12-;;;/m00.../s1. The number of benzene rings is 4. The molecule has 4 aromatic rings. The van der Waals surface area contributed by atoms with Gasteiger partial charge in [0.2, 0.25) is 0 Å². The number of aliphatic hydroxyl groups excluding tert-OH is 1. The van der Waals surface area contributed by atoms with E-state index in [1.165, 1.54) is 43.8 Å². The number of hydrogen-bond donors (Lipinski definition) is 2. The SMILES string of the molecule is C=Cc1ccc(Br)cc1.COC(=O)C[C@H](c1ccc(CO)c(O)c1)C1CC1.COC(=O)C[C@H](c1ccc2c(c1)OC(c1ccc(Br)cc1)CC2)C1CC1.[Li+].[O-][Cl+3]([O-])([O-])[O-]. The van der Waals surface area contributed by atoms with E-state index in [-0.39, 0.29) is 61.1 Å². The van der Waals surface area contributed by atoms with Gasteiger partial charge in [-0.05, 0) is 126 Å². The first-order chi connectivity index (χ1) is 27.6. The van der Waals surface area contributed by atoms with Crippen LogP contribution in [0.15, 0.2) is 100 Å². The number of halogens is 3. The van der Waals surface area contributed by atoms with Crippen LogP contribution in [0.1, 0.15) is 96.3 Å². The molecule has 7 rings (SSSR count). The maximum Gasteiger partial charge on any atom is 1.00 e. The molecule has 0 aromatic heterocycles. The summed E-state index contributed by atoms with van der Waals surface area (Å²) in [6, 6.07) is 28.1. The molecule has 2 N–H and O–H groups in total. The number of rotatable bonds is 11. The zero-order valence-electron chi connectivity index (χ0n) is 33.3. The van der Waals surface area contributed by atoms with Crippen LogP contribution in [0, 0.1) is 22.1 Å². The number of carbonyl (C=O) groups excluding carboxylic acids is 2. The quantitative estimate of drug-likeness (QED) is 0.166. The molecule has 4 aromatic carbocycles. The fourth-order valence-corrected chi connectivity index (χ4v) is 7.24. The Morgan fingerprint density at radius 2 is 1.27 bits per heavy atom. The molecule has 59 heavy (non-hydrogen) atoms. The third kappa shape index (κ3) is 17.4. The number of aromatic hydroxyl groups is 1. The number of fused-ring (bicyclic) bond motifs is 1. The van der Waals surface area contributed by atoms with E-state index in [9.17, 15) is 14.7 Å².